The molecule has 1 saturated carbocycles. The summed E-state index contributed by atoms with van der Waals surface area (Å²) in [4.78, 5) is 0. The molecule has 3 rings (SSSR count). The maximum Gasteiger partial charge on any atom is 0.237 e. The summed E-state index contributed by atoms with van der Waals surface area (Å²) in [5, 5.41) is 2.34. The Balaban J connectivity index is 2.09. The van der Waals surface area contributed by atoms with Crippen LogP contribution in [-0.4, -0.2) is 20.7 Å². The van der Waals surface area contributed by atoms with Crippen LogP contribution in [0.4, 0.5) is 25.8 Å². The van der Waals surface area contributed by atoms with Crippen molar-refractivity contribution >= 4 is 49.7 Å². The molecule has 0 radical (unpaired) electrons. The van der Waals surface area contributed by atoms with Gasteiger partial charge in [-0.25, -0.2) is 17.2 Å². The van der Waals surface area contributed by atoms with E-state index < -0.39 is 26.9 Å². The number of nitrogens with zero attached hydrogens (tertiary/aromatic N) is 1. The van der Waals surface area contributed by atoms with E-state index in [-0.39, 0.29) is 17.1 Å². The van der Waals surface area contributed by atoms with Gasteiger partial charge in [0, 0.05) is 10.6 Å². The predicted octanol–water partition coefficient (Wildman–Crippen LogP) is 4.80. The molecule has 0 heterocycles. The summed E-state index contributed by atoms with van der Waals surface area (Å²) in [6.07, 6.45) is 1.66. The topological polar surface area (TPSA) is 49.4 Å². The van der Waals surface area contributed by atoms with Crippen LogP contribution >= 0.6 is 22.6 Å². The first-order valence-electron chi connectivity index (χ1n) is 8.27. The maximum atomic E-state index is 15.0. The lowest BCUT2D eigenvalue weighted by molar-refractivity contribution is 0.592. The molecule has 0 bridgehead atoms. The van der Waals surface area contributed by atoms with Crippen molar-refractivity contribution < 1.29 is 17.2 Å². The summed E-state index contributed by atoms with van der Waals surface area (Å²) in [6, 6.07) is 7.66. The lowest BCUT2D eigenvalue weighted by Crippen LogP contribution is -2.30. The van der Waals surface area contributed by atoms with Crippen LogP contribution < -0.4 is 9.62 Å². The summed E-state index contributed by atoms with van der Waals surface area (Å²) in [7, 11) is -2.15. The van der Waals surface area contributed by atoms with Gasteiger partial charge in [-0.05, 0) is 71.7 Å². The Morgan fingerprint density at radius 1 is 1.23 bits per heavy atom. The van der Waals surface area contributed by atoms with Crippen LogP contribution in [0, 0.1) is 15.2 Å². The van der Waals surface area contributed by atoms with E-state index in [9.17, 15) is 17.2 Å². The Kier molecular flexibility index (Phi) is 5.43. The second kappa shape index (κ2) is 7.30. The van der Waals surface area contributed by atoms with E-state index >= 15 is 0 Å². The van der Waals surface area contributed by atoms with Gasteiger partial charge in [0.25, 0.3) is 0 Å². The van der Waals surface area contributed by atoms with Gasteiger partial charge in [-0.2, -0.15) is 0 Å². The molecular formula is C18H19F2IN2O2S. The van der Waals surface area contributed by atoms with Crippen LogP contribution in [0.2, 0.25) is 0 Å². The van der Waals surface area contributed by atoms with Crippen LogP contribution in [0.15, 0.2) is 30.3 Å². The summed E-state index contributed by atoms with van der Waals surface area (Å²) >= 11 is 1.98. The number of sulfonamides is 1. The van der Waals surface area contributed by atoms with E-state index in [1.807, 2.05) is 22.6 Å². The van der Waals surface area contributed by atoms with Crippen molar-refractivity contribution in [3.8, 4) is 0 Å². The number of benzene rings is 2. The van der Waals surface area contributed by atoms with Gasteiger partial charge in [-0.3, -0.25) is 4.31 Å². The van der Waals surface area contributed by atoms with Crippen molar-refractivity contribution in [2.45, 2.75) is 31.4 Å². The largest absolute Gasteiger partial charge is 0.349 e. The van der Waals surface area contributed by atoms with Crippen molar-refractivity contribution in [3.05, 3.63) is 51.1 Å². The van der Waals surface area contributed by atoms with Crippen molar-refractivity contribution in [1.82, 2.24) is 0 Å². The molecule has 0 aromatic heterocycles. The molecule has 1 fully saturated rings. The molecule has 26 heavy (non-hydrogen) atoms. The Bertz CT molecular complexity index is 946. The molecule has 2 aromatic carbocycles. The Morgan fingerprint density at radius 2 is 1.92 bits per heavy atom. The van der Waals surface area contributed by atoms with Crippen LogP contribution in [0.3, 0.4) is 0 Å². The molecule has 0 aliphatic heterocycles. The monoisotopic (exact) mass is 492 g/mol. The molecule has 1 N–H and O–H groups in total. The van der Waals surface area contributed by atoms with Gasteiger partial charge in [-0.1, -0.05) is 13.0 Å². The zero-order chi connectivity index (χ0) is 19.1. The van der Waals surface area contributed by atoms with Crippen molar-refractivity contribution in [2.75, 3.05) is 16.7 Å². The highest BCUT2D eigenvalue weighted by molar-refractivity contribution is 14.1. The van der Waals surface area contributed by atoms with Gasteiger partial charge < -0.3 is 5.32 Å². The van der Waals surface area contributed by atoms with E-state index in [1.54, 1.807) is 25.1 Å². The first kappa shape index (κ1) is 19.3. The van der Waals surface area contributed by atoms with Gasteiger partial charge in [0.2, 0.25) is 10.0 Å². The Morgan fingerprint density at radius 3 is 2.50 bits per heavy atom. The number of anilines is 3. The van der Waals surface area contributed by atoms with Crippen molar-refractivity contribution in [1.29, 1.82) is 0 Å². The minimum absolute atomic E-state index is 0.0313. The Hall–Kier alpha value is -1.42. The number of hydrogen-bond donors (Lipinski definition) is 1. The first-order valence-corrected chi connectivity index (χ1v) is 10.8. The fraction of sp³-hybridized carbons (Fsp3) is 0.333. The van der Waals surface area contributed by atoms with Crippen LogP contribution in [0.5, 0.6) is 0 Å². The van der Waals surface area contributed by atoms with Gasteiger partial charge in [0.05, 0.1) is 22.3 Å². The fourth-order valence-electron chi connectivity index (χ4n) is 2.72. The van der Waals surface area contributed by atoms with Gasteiger partial charge in [0.1, 0.15) is 5.82 Å². The third kappa shape index (κ3) is 3.66. The summed E-state index contributed by atoms with van der Waals surface area (Å²) in [5.41, 5.74) is 0.663. The highest BCUT2D eigenvalue weighted by Gasteiger charge is 2.39. The zero-order valence-electron chi connectivity index (χ0n) is 14.4. The normalized spacial score (nSPS) is 14.3. The lowest BCUT2D eigenvalue weighted by atomic mass is 10.1. The molecule has 1 aliphatic carbocycles. The zero-order valence-corrected chi connectivity index (χ0v) is 17.4. The van der Waals surface area contributed by atoms with Gasteiger partial charge in [0.15, 0.2) is 5.82 Å². The molecule has 0 spiro atoms. The van der Waals surface area contributed by atoms with Crippen LogP contribution in [-0.2, 0) is 16.4 Å². The highest BCUT2D eigenvalue weighted by atomic mass is 127. The minimum atomic E-state index is -3.56. The van der Waals surface area contributed by atoms with E-state index in [0.717, 1.165) is 4.31 Å². The van der Waals surface area contributed by atoms with Crippen molar-refractivity contribution in [3.63, 3.8) is 0 Å². The van der Waals surface area contributed by atoms with E-state index in [1.165, 1.54) is 19.2 Å². The lowest BCUT2D eigenvalue weighted by Gasteiger charge is -2.24. The average molecular weight is 492 g/mol. The van der Waals surface area contributed by atoms with Gasteiger partial charge >= 0.3 is 0 Å². The molecule has 4 nitrogen and oxygen atoms in total. The highest BCUT2D eigenvalue weighted by Crippen LogP contribution is 2.39. The SMILES string of the molecule is CCc1ccc(N(C)S(=O)(=O)C2CC2)c(Nc2ccc(I)cc2F)c1F. The van der Waals surface area contributed by atoms with Crippen LogP contribution in [0.1, 0.15) is 25.3 Å². The van der Waals surface area contributed by atoms with Crippen LogP contribution in [0.25, 0.3) is 0 Å². The number of nitrogens with one attached hydrogen (secondary N) is 1. The third-order valence-electron chi connectivity index (χ3n) is 4.44. The second-order valence-electron chi connectivity index (χ2n) is 6.25. The minimum Gasteiger partial charge on any atom is -0.349 e. The molecular weight excluding hydrogens is 473 g/mol. The third-order valence-corrected chi connectivity index (χ3v) is 7.38. The van der Waals surface area contributed by atoms with E-state index in [2.05, 4.69) is 5.32 Å². The molecule has 2 aromatic rings. The number of aryl methyl sites for hydroxylation is 1. The van der Waals surface area contributed by atoms with Gasteiger partial charge in [-0.15, -0.1) is 0 Å². The standard InChI is InChI=1S/C18H19F2IN2O2S/c1-3-11-4-9-16(23(2)26(24,25)13-6-7-13)18(17(11)20)22-15-8-5-12(21)10-14(15)19/h4-5,8-10,13,22H,3,6-7H2,1-2H3. The quantitative estimate of drug-likeness (QED) is 0.590. The molecule has 0 atom stereocenters. The maximum absolute atomic E-state index is 15.0. The smallest absolute Gasteiger partial charge is 0.237 e. The molecule has 0 amide bonds. The van der Waals surface area contributed by atoms with E-state index in [0.29, 0.717) is 28.4 Å². The number of halogens is 3. The first-order chi connectivity index (χ1) is 12.3. The molecule has 0 saturated heterocycles. The number of rotatable bonds is 6. The summed E-state index contributed by atoms with van der Waals surface area (Å²) < 4.78 is 56.2. The Labute approximate surface area is 165 Å². The van der Waals surface area contributed by atoms with E-state index in [4.69, 9.17) is 0 Å². The predicted molar refractivity (Wildman–Crippen MR) is 109 cm³/mol. The summed E-state index contributed by atoms with van der Waals surface area (Å²) in [5.74, 6) is -1.10. The fourth-order valence-corrected chi connectivity index (χ4v) is 4.77. The molecule has 1 aliphatic rings. The second-order valence-corrected chi connectivity index (χ2v) is 9.74. The molecule has 8 heteroatoms. The van der Waals surface area contributed by atoms with Crippen molar-refractivity contribution in [2.24, 2.45) is 0 Å². The molecule has 140 valence electrons. The molecule has 0 unspecified atom stereocenters. The average Bonchev–Trinajstić information content (AvgIpc) is 3.43. The summed E-state index contributed by atoms with van der Waals surface area (Å²) in [6.45, 7) is 1.80. The number of hydrogen-bond acceptors (Lipinski definition) is 3.